The number of likely N-dealkylation sites (tertiary alicyclic amines) is 1. The number of carbonyl (C=O) groups excluding carboxylic acids is 1. The van der Waals surface area contributed by atoms with E-state index < -0.39 is 0 Å². The number of fused-ring (bicyclic) bond motifs is 1. The molecule has 2 unspecified atom stereocenters. The van der Waals surface area contributed by atoms with Crippen LogP contribution in [0, 0.1) is 5.92 Å². The molecule has 3 heteroatoms. The Morgan fingerprint density at radius 3 is 3.00 bits per heavy atom. The molecular formula is C17H24N2O. The van der Waals surface area contributed by atoms with E-state index in [4.69, 9.17) is 5.73 Å². The van der Waals surface area contributed by atoms with E-state index in [9.17, 15) is 4.79 Å². The van der Waals surface area contributed by atoms with Gasteiger partial charge in [0.2, 0.25) is 5.91 Å². The molecule has 0 spiro atoms. The molecule has 1 aromatic rings. The van der Waals surface area contributed by atoms with Crippen LogP contribution in [0.1, 0.15) is 37.3 Å². The van der Waals surface area contributed by atoms with Crippen LogP contribution in [0.15, 0.2) is 24.3 Å². The van der Waals surface area contributed by atoms with E-state index in [0.29, 0.717) is 18.4 Å². The van der Waals surface area contributed by atoms with E-state index in [2.05, 4.69) is 31.2 Å². The van der Waals surface area contributed by atoms with Gasteiger partial charge in [-0.3, -0.25) is 4.79 Å². The van der Waals surface area contributed by atoms with Crippen molar-refractivity contribution in [3.8, 4) is 0 Å². The minimum atomic E-state index is -0.335. The van der Waals surface area contributed by atoms with Crippen LogP contribution in [0.25, 0.3) is 0 Å². The first kappa shape index (κ1) is 13.6. The molecule has 1 aliphatic carbocycles. The summed E-state index contributed by atoms with van der Waals surface area (Å²) in [5.74, 6) is 0.794. The predicted molar refractivity (Wildman–Crippen MR) is 80.5 cm³/mol. The third-order valence-corrected chi connectivity index (χ3v) is 5.11. The molecule has 2 N–H and O–H groups in total. The highest BCUT2D eigenvalue weighted by Gasteiger charge is 2.42. The van der Waals surface area contributed by atoms with Gasteiger partial charge < -0.3 is 10.6 Å². The van der Waals surface area contributed by atoms with E-state index in [-0.39, 0.29) is 5.41 Å². The van der Waals surface area contributed by atoms with Crippen LogP contribution in [0.4, 0.5) is 0 Å². The zero-order chi connectivity index (χ0) is 14.2. The fourth-order valence-corrected chi connectivity index (χ4v) is 3.82. The molecule has 1 aliphatic heterocycles. The second kappa shape index (κ2) is 5.21. The molecule has 1 fully saturated rings. The van der Waals surface area contributed by atoms with Gasteiger partial charge in [-0.25, -0.2) is 0 Å². The normalized spacial score (nSPS) is 29.3. The summed E-state index contributed by atoms with van der Waals surface area (Å²) in [6, 6.07) is 8.45. The standard InChI is InChI=1S/C17H24N2O/c1-17(16(20)19-10-8-13(11-18)12-19)9-4-6-14-5-2-3-7-15(14)17/h2-3,5,7,13H,4,6,8-12,18H2,1H3. The van der Waals surface area contributed by atoms with E-state index in [0.717, 1.165) is 38.8 Å². The Kier molecular flexibility index (Phi) is 3.55. The van der Waals surface area contributed by atoms with Gasteiger partial charge in [0.05, 0.1) is 5.41 Å². The van der Waals surface area contributed by atoms with Gasteiger partial charge in [-0.15, -0.1) is 0 Å². The van der Waals surface area contributed by atoms with Crippen molar-refractivity contribution in [1.82, 2.24) is 4.90 Å². The summed E-state index contributed by atoms with van der Waals surface area (Å²) in [7, 11) is 0. The molecule has 1 amide bonds. The predicted octanol–water partition coefficient (Wildman–Crippen LogP) is 2.09. The lowest BCUT2D eigenvalue weighted by atomic mass is 9.70. The average Bonchev–Trinajstić information content (AvgIpc) is 2.96. The molecule has 0 aromatic heterocycles. The summed E-state index contributed by atoms with van der Waals surface area (Å²) < 4.78 is 0. The molecular weight excluding hydrogens is 248 g/mol. The summed E-state index contributed by atoms with van der Waals surface area (Å²) in [6.45, 7) is 4.53. The average molecular weight is 272 g/mol. The van der Waals surface area contributed by atoms with Gasteiger partial charge in [0.25, 0.3) is 0 Å². The highest BCUT2D eigenvalue weighted by Crippen LogP contribution is 2.39. The molecule has 3 nitrogen and oxygen atoms in total. The number of amides is 1. The van der Waals surface area contributed by atoms with Crippen molar-refractivity contribution in [2.75, 3.05) is 19.6 Å². The van der Waals surface area contributed by atoms with Gasteiger partial charge in [-0.1, -0.05) is 24.3 Å². The fourth-order valence-electron chi connectivity index (χ4n) is 3.82. The number of rotatable bonds is 2. The first-order valence-corrected chi connectivity index (χ1v) is 7.73. The Morgan fingerprint density at radius 2 is 2.25 bits per heavy atom. The number of benzene rings is 1. The van der Waals surface area contributed by atoms with Gasteiger partial charge in [0.15, 0.2) is 0 Å². The second-order valence-corrected chi connectivity index (χ2v) is 6.48. The summed E-state index contributed by atoms with van der Waals surface area (Å²) in [6.07, 6.45) is 4.23. The van der Waals surface area contributed by atoms with Crippen molar-refractivity contribution in [3.05, 3.63) is 35.4 Å². The second-order valence-electron chi connectivity index (χ2n) is 6.48. The van der Waals surface area contributed by atoms with Gasteiger partial charge in [-0.05, 0) is 56.2 Å². The van der Waals surface area contributed by atoms with Crippen LogP contribution in [0.2, 0.25) is 0 Å². The zero-order valence-electron chi connectivity index (χ0n) is 12.3. The van der Waals surface area contributed by atoms with E-state index in [1.54, 1.807) is 0 Å². The molecule has 2 aliphatic rings. The molecule has 0 radical (unpaired) electrons. The summed E-state index contributed by atoms with van der Waals surface area (Å²) in [5.41, 5.74) is 8.01. The number of aryl methyl sites for hydroxylation is 1. The molecule has 0 saturated carbocycles. The quantitative estimate of drug-likeness (QED) is 0.896. The van der Waals surface area contributed by atoms with Crippen LogP contribution >= 0.6 is 0 Å². The third-order valence-electron chi connectivity index (χ3n) is 5.11. The molecule has 108 valence electrons. The minimum absolute atomic E-state index is 0.306. The van der Waals surface area contributed by atoms with Crippen molar-refractivity contribution in [2.45, 2.75) is 38.0 Å². The molecule has 3 rings (SSSR count). The van der Waals surface area contributed by atoms with Crippen LogP contribution in [0.5, 0.6) is 0 Å². The van der Waals surface area contributed by atoms with Crippen LogP contribution < -0.4 is 5.73 Å². The number of nitrogens with two attached hydrogens (primary N) is 1. The lowest BCUT2D eigenvalue weighted by molar-refractivity contribution is -0.136. The molecule has 20 heavy (non-hydrogen) atoms. The summed E-state index contributed by atoms with van der Waals surface area (Å²) >= 11 is 0. The van der Waals surface area contributed by atoms with Crippen molar-refractivity contribution < 1.29 is 4.79 Å². The van der Waals surface area contributed by atoms with Gasteiger partial charge >= 0.3 is 0 Å². The maximum Gasteiger partial charge on any atom is 0.232 e. The highest BCUT2D eigenvalue weighted by atomic mass is 16.2. The summed E-state index contributed by atoms with van der Waals surface area (Å²) in [5, 5.41) is 0. The van der Waals surface area contributed by atoms with Crippen molar-refractivity contribution in [2.24, 2.45) is 11.7 Å². The SMILES string of the molecule is CC1(C(=O)N2CCC(CN)C2)CCCc2ccccc21. The van der Waals surface area contributed by atoms with Crippen LogP contribution in [-0.2, 0) is 16.6 Å². The highest BCUT2D eigenvalue weighted by molar-refractivity contribution is 5.88. The van der Waals surface area contributed by atoms with Gasteiger partial charge in [0.1, 0.15) is 0 Å². The summed E-state index contributed by atoms with van der Waals surface area (Å²) in [4.78, 5) is 15.1. The minimum Gasteiger partial charge on any atom is -0.342 e. The van der Waals surface area contributed by atoms with E-state index >= 15 is 0 Å². The number of hydrogen-bond donors (Lipinski definition) is 1. The Balaban J connectivity index is 1.88. The topological polar surface area (TPSA) is 46.3 Å². The fraction of sp³-hybridized carbons (Fsp3) is 0.588. The maximum atomic E-state index is 13.0. The van der Waals surface area contributed by atoms with Crippen molar-refractivity contribution in [1.29, 1.82) is 0 Å². The largest absolute Gasteiger partial charge is 0.342 e. The molecule has 2 atom stereocenters. The maximum absolute atomic E-state index is 13.0. The number of hydrogen-bond acceptors (Lipinski definition) is 2. The van der Waals surface area contributed by atoms with Crippen LogP contribution in [-0.4, -0.2) is 30.4 Å². The number of nitrogens with zero attached hydrogens (tertiary/aromatic N) is 1. The smallest absolute Gasteiger partial charge is 0.232 e. The monoisotopic (exact) mass is 272 g/mol. The Labute approximate surface area is 121 Å². The van der Waals surface area contributed by atoms with Crippen LogP contribution in [0.3, 0.4) is 0 Å². The number of carbonyl (C=O) groups is 1. The first-order chi connectivity index (χ1) is 9.65. The Hall–Kier alpha value is -1.35. The van der Waals surface area contributed by atoms with Crippen molar-refractivity contribution >= 4 is 5.91 Å². The molecule has 0 bridgehead atoms. The molecule has 1 heterocycles. The van der Waals surface area contributed by atoms with E-state index in [1.165, 1.54) is 11.1 Å². The first-order valence-electron chi connectivity index (χ1n) is 7.73. The molecule has 1 saturated heterocycles. The lowest BCUT2D eigenvalue weighted by Gasteiger charge is -2.37. The van der Waals surface area contributed by atoms with E-state index in [1.807, 2.05) is 4.90 Å². The Morgan fingerprint density at radius 1 is 1.45 bits per heavy atom. The third kappa shape index (κ3) is 2.14. The lowest BCUT2D eigenvalue weighted by Crippen LogP contribution is -2.46. The zero-order valence-corrected chi connectivity index (χ0v) is 12.3. The van der Waals surface area contributed by atoms with Gasteiger partial charge in [-0.2, -0.15) is 0 Å². The Bertz CT molecular complexity index is 513. The van der Waals surface area contributed by atoms with Crippen molar-refractivity contribution in [3.63, 3.8) is 0 Å². The van der Waals surface area contributed by atoms with Gasteiger partial charge in [0, 0.05) is 13.1 Å². The molecule has 1 aromatic carbocycles.